The predicted octanol–water partition coefficient (Wildman–Crippen LogP) is 2.22. The maximum Gasteiger partial charge on any atom is 0.251 e. The average Bonchev–Trinajstić information content (AvgIpc) is 2.66. The number of nitrogens with zero attached hydrogens (tertiary/aromatic N) is 2. The van der Waals surface area contributed by atoms with Crippen molar-refractivity contribution in [1.29, 1.82) is 0 Å². The minimum Gasteiger partial charge on any atom is -0.343 e. The van der Waals surface area contributed by atoms with Crippen molar-refractivity contribution in [3.63, 3.8) is 0 Å². The van der Waals surface area contributed by atoms with Crippen LogP contribution in [0, 0.1) is 12.8 Å². The molecule has 148 valence electrons. The van der Waals surface area contributed by atoms with Gasteiger partial charge in [0.2, 0.25) is 11.8 Å². The van der Waals surface area contributed by atoms with Gasteiger partial charge in [0.05, 0.1) is 0 Å². The largest absolute Gasteiger partial charge is 0.343 e. The maximum absolute atomic E-state index is 13.1. The van der Waals surface area contributed by atoms with Crippen LogP contribution in [0.4, 0.5) is 0 Å². The number of likely N-dealkylation sites (N-methyl/N-ethyl adjacent to an activating group) is 1. The molecule has 3 amide bonds. The summed E-state index contributed by atoms with van der Waals surface area (Å²) in [4.78, 5) is 41.0. The zero-order valence-electron chi connectivity index (χ0n) is 16.8. The van der Waals surface area contributed by atoms with Crippen LogP contribution in [0.25, 0.3) is 0 Å². The van der Waals surface area contributed by atoms with Crippen molar-refractivity contribution in [2.24, 2.45) is 5.92 Å². The molecule has 27 heavy (non-hydrogen) atoms. The molecule has 0 aliphatic carbocycles. The second-order valence-electron chi connectivity index (χ2n) is 7.17. The maximum atomic E-state index is 13.1. The van der Waals surface area contributed by atoms with E-state index in [1.807, 2.05) is 39.0 Å². The van der Waals surface area contributed by atoms with E-state index in [1.54, 1.807) is 22.8 Å². The molecule has 1 atom stereocenters. The van der Waals surface area contributed by atoms with Gasteiger partial charge in [-0.2, -0.15) is 0 Å². The topological polar surface area (TPSA) is 69.7 Å². The number of piperidine rings is 1. The molecule has 1 heterocycles. The van der Waals surface area contributed by atoms with Gasteiger partial charge in [0.25, 0.3) is 5.91 Å². The number of rotatable bonds is 6. The van der Waals surface area contributed by atoms with Crippen LogP contribution in [-0.4, -0.2) is 59.7 Å². The van der Waals surface area contributed by atoms with E-state index in [0.717, 1.165) is 5.56 Å². The first kappa shape index (κ1) is 20.9. The second-order valence-corrected chi connectivity index (χ2v) is 7.17. The van der Waals surface area contributed by atoms with Gasteiger partial charge in [-0.3, -0.25) is 14.4 Å². The normalized spacial score (nSPS) is 15.9. The van der Waals surface area contributed by atoms with Crippen LogP contribution in [0.2, 0.25) is 0 Å². The van der Waals surface area contributed by atoms with E-state index in [2.05, 4.69) is 5.32 Å². The molecule has 1 saturated heterocycles. The molecule has 0 bridgehead atoms. The minimum absolute atomic E-state index is 0.0301. The summed E-state index contributed by atoms with van der Waals surface area (Å²) in [6, 6.07) is 6.81. The van der Waals surface area contributed by atoms with E-state index in [0.29, 0.717) is 44.6 Å². The van der Waals surface area contributed by atoms with E-state index < -0.39 is 6.04 Å². The van der Waals surface area contributed by atoms with Crippen LogP contribution in [-0.2, 0) is 9.59 Å². The number of carbonyl (C=O) groups excluding carboxylic acids is 3. The predicted molar refractivity (Wildman–Crippen MR) is 105 cm³/mol. The van der Waals surface area contributed by atoms with Gasteiger partial charge in [-0.15, -0.1) is 0 Å². The Morgan fingerprint density at radius 2 is 1.81 bits per heavy atom. The van der Waals surface area contributed by atoms with Crippen molar-refractivity contribution in [2.45, 2.75) is 46.6 Å². The molecule has 0 saturated carbocycles. The first-order valence-corrected chi connectivity index (χ1v) is 9.79. The molecule has 6 nitrogen and oxygen atoms in total. The lowest BCUT2D eigenvalue weighted by Crippen LogP contribution is -2.54. The van der Waals surface area contributed by atoms with Crippen molar-refractivity contribution in [3.05, 3.63) is 35.4 Å². The molecule has 6 heteroatoms. The van der Waals surface area contributed by atoms with Crippen molar-refractivity contribution in [3.8, 4) is 0 Å². The Labute approximate surface area is 161 Å². The lowest BCUT2D eigenvalue weighted by molar-refractivity contribution is -0.135. The number of benzene rings is 1. The van der Waals surface area contributed by atoms with Gasteiger partial charge in [0.15, 0.2) is 0 Å². The second kappa shape index (κ2) is 9.53. The van der Waals surface area contributed by atoms with Crippen LogP contribution >= 0.6 is 0 Å². The fourth-order valence-corrected chi connectivity index (χ4v) is 3.67. The molecule has 0 radical (unpaired) electrons. The third-order valence-corrected chi connectivity index (χ3v) is 5.36. The molecule has 1 aromatic carbocycles. The Balaban J connectivity index is 2.18. The molecule has 1 unspecified atom stereocenters. The van der Waals surface area contributed by atoms with Crippen molar-refractivity contribution >= 4 is 17.7 Å². The van der Waals surface area contributed by atoms with Gasteiger partial charge in [-0.1, -0.05) is 17.7 Å². The molecule has 2 rings (SSSR count). The van der Waals surface area contributed by atoms with Crippen LogP contribution in [0.5, 0.6) is 0 Å². The Kier molecular flexibility index (Phi) is 7.39. The van der Waals surface area contributed by atoms with E-state index in [-0.39, 0.29) is 23.6 Å². The summed E-state index contributed by atoms with van der Waals surface area (Å²) in [5.74, 6) is -0.174. The molecule has 0 spiro atoms. The number of likely N-dealkylation sites (tertiary alicyclic amines) is 1. The van der Waals surface area contributed by atoms with Crippen LogP contribution in [0.3, 0.4) is 0 Å². The highest BCUT2D eigenvalue weighted by Gasteiger charge is 2.35. The van der Waals surface area contributed by atoms with Crippen molar-refractivity contribution in [2.75, 3.05) is 26.2 Å². The highest BCUT2D eigenvalue weighted by Crippen LogP contribution is 2.23. The summed E-state index contributed by atoms with van der Waals surface area (Å²) in [5.41, 5.74) is 1.57. The lowest BCUT2D eigenvalue weighted by Gasteiger charge is -2.37. The van der Waals surface area contributed by atoms with Crippen molar-refractivity contribution < 1.29 is 14.4 Å². The third kappa shape index (κ3) is 5.31. The van der Waals surface area contributed by atoms with Crippen LogP contribution in [0.15, 0.2) is 24.3 Å². The summed E-state index contributed by atoms with van der Waals surface area (Å²) >= 11 is 0. The Hall–Kier alpha value is -2.37. The highest BCUT2D eigenvalue weighted by molar-refractivity contribution is 5.97. The highest BCUT2D eigenvalue weighted by atomic mass is 16.2. The quantitative estimate of drug-likeness (QED) is 0.831. The van der Waals surface area contributed by atoms with Crippen LogP contribution < -0.4 is 5.32 Å². The van der Waals surface area contributed by atoms with E-state index >= 15 is 0 Å². The van der Waals surface area contributed by atoms with Gasteiger partial charge in [0, 0.05) is 38.7 Å². The van der Waals surface area contributed by atoms with Gasteiger partial charge < -0.3 is 15.1 Å². The first-order valence-electron chi connectivity index (χ1n) is 9.79. The number of aryl methyl sites for hydroxylation is 1. The third-order valence-electron chi connectivity index (χ3n) is 5.36. The average molecular weight is 373 g/mol. The number of hydrogen-bond acceptors (Lipinski definition) is 3. The standard InChI is InChI=1S/C21H31N3O3/c1-5-23(6-2)21(27)19(17-10-12-24(13-11-17)16(4)25)22-20(26)18-9-7-8-15(3)14-18/h7-9,14,17,19H,5-6,10-13H2,1-4H3,(H,22,26). The fraction of sp³-hybridized carbons (Fsp3) is 0.571. The van der Waals surface area contributed by atoms with E-state index in [9.17, 15) is 14.4 Å². The summed E-state index contributed by atoms with van der Waals surface area (Å²) in [6.07, 6.45) is 1.43. The monoisotopic (exact) mass is 373 g/mol. The molecule has 0 aromatic heterocycles. The van der Waals surface area contributed by atoms with Crippen molar-refractivity contribution in [1.82, 2.24) is 15.1 Å². The molecule has 1 aliphatic rings. The number of amides is 3. The molecule has 1 fully saturated rings. The Morgan fingerprint density at radius 3 is 2.33 bits per heavy atom. The first-order chi connectivity index (χ1) is 12.9. The molecule has 1 aliphatic heterocycles. The molecular weight excluding hydrogens is 342 g/mol. The van der Waals surface area contributed by atoms with E-state index in [1.165, 1.54) is 0 Å². The van der Waals surface area contributed by atoms with Gasteiger partial charge >= 0.3 is 0 Å². The number of nitrogens with one attached hydrogen (secondary N) is 1. The Morgan fingerprint density at radius 1 is 1.19 bits per heavy atom. The van der Waals surface area contributed by atoms with Gasteiger partial charge in [-0.25, -0.2) is 0 Å². The molecular formula is C21H31N3O3. The summed E-state index contributed by atoms with van der Waals surface area (Å²) < 4.78 is 0. The zero-order chi connectivity index (χ0) is 20.0. The van der Waals surface area contributed by atoms with Gasteiger partial charge in [-0.05, 0) is 51.7 Å². The zero-order valence-corrected chi connectivity index (χ0v) is 16.8. The minimum atomic E-state index is -0.563. The fourth-order valence-electron chi connectivity index (χ4n) is 3.67. The van der Waals surface area contributed by atoms with Gasteiger partial charge in [0.1, 0.15) is 6.04 Å². The SMILES string of the molecule is CCN(CC)C(=O)C(NC(=O)c1cccc(C)c1)C1CCN(C(C)=O)CC1. The summed E-state index contributed by atoms with van der Waals surface area (Å²) in [6.45, 7) is 9.87. The Bertz CT molecular complexity index is 677. The smallest absolute Gasteiger partial charge is 0.251 e. The van der Waals surface area contributed by atoms with Crippen LogP contribution in [0.1, 0.15) is 49.5 Å². The summed E-state index contributed by atoms with van der Waals surface area (Å²) in [5, 5.41) is 2.99. The lowest BCUT2D eigenvalue weighted by atomic mass is 9.88. The molecule has 1 N–H and O–H groups in total. The number of hydrogen-bond donors (Lipinski definition) is 1. The summed E-state index contributed by atoms with van der Waals surface area (Å²) in [7, 11) is 0. The van der Waals surface area contributed by atoms with E-state index in [4.69, 9.17) is 0 Å². The number of carbonyl (C=O) groups is 3. The molecule has 1 aromatic rings.